The summed E-state index contributed by atoms with van der Waals surface area (Å²) in [5.41, 5.74) is -0.0283. The molecule has 1 fully saturated rings. The van der Waals surface area contributed by atoms with Crippen LogP contribution < -0.4 is 10.1 Å². The van der Waals surface area contributed by atoms with Gasteiger partial charge in [0.1, 0.15) is 5.75 Å². The summed E-state index contributed by atoms with van der Waals surface area (Å²) in [6, 6.07) is 6.91. The third-order valence-corrected chi connectivity index (χ3v) is 2.69. The molecule has 0 spiro atoms. The highest BCUT2D eigenvalue weighted by Gasteiger charge is 2.39. The molecule has 0 aromatic heterocycles. The van der Waals surface area contributed by atoms with Crippen molar-refractivity contribution in [2.24, 2.45) is 0 Å². The molecule has 0 unspecified atom stereocenters. The van der Waals surface area contributed by atoms with Gasteiger partial charge in [-0.25, -0.2) is 4.79 Å². The number of carbonyl (C=O) groups excluding carboxylic acids is 1. The number of hydrogen-bond acceptors (Lipinski definition) is 3. The SMILES string of the molecule is COc1ccc(NC(=O)N2CC(C)(O)C2)cc1. The second-order valence-corrected chi connectivity index (χ2v) is 4.51. The summed E-state index contributed by atoms with van der Waals surface area (Å²) in [5, 5.41) is 12.3. The highest BCUT2D eigenvalue weighted by Crippen LogP contribution is 2.21. The second-order valence-electron chi connectivity index (χ2n) is 4.51. The third-order valence-electron chi connectivity index (χ3n) is 2.69. The van der Waals surface area contributed by atoms with Crippen LogP contribution in [0.15, 0.2) is 24.3 Å². The molecular weight excluding hydrogens is 220 g/mol. The molecule has 17 heavy (non-hydrogen) atoms. The van der Waals surface area contributed by atoms with E-state index in [-0.39, 0.29) is 6.03 Å². The van der Waals surface area contributed by atoms with Crippen molar-refractivity contribution < 1.29 is 14.6 Å². The first-order valence-corrected chi connectivity index (χ1v) is 5.42. The Hall–Kier alpha value is -1.75. The highest BCUT2D eigenvalue weighted by atomic mass is 16.5. The Kier molecular flexibility index (Phi) is 2.93. The van der Waals surface area contributed by atoms with Crippen molar-refractivity contribution in [3.63, 3.8) is 0 Å². The Morgan fingerprint density at radius 2 is 2.00 bits per heavy atom. The van der Waals surface area contributed by atoms with Gasteiger partial charge in [-0.05, 0) is 31.2 Å². The van der Waals surface area contributed by atoms with Crippen molar-refractivity contribution in [3.8, 4) is 5.75 Å². The summed E-state index contributed by atoms with van der Waals surface area (Å²) in [7, 11) is 1.59. The van der Waals surface area contributed by atoms with Gasteiger partial charge < -0.3 is 20.1 Å². The van der Waals surface area contributed by atoms with Gasteiger partial charge in [0.25, 0.3) is 0 Å². The Balaban J connectivity index is 1.90. The maximum absolute atomic E-state index is 11.7. The Morgan fingerprint density at radius 1 is 1.41 bits per heavy atom. The quantitative estimate of drug-likeness (QED) is 0.813. The maximum Gasteiger partial charge on any atom is 0.322 e. The fourth-order valence-electron chi connectivity index (χ4n) is 1.80. The molecule has 2 rings (SSSR count). The number of methoxy groups -OCH3 is 1. The third kappa shape index (κ3) is 2.68. The van der Waals surface area contributed by atoms with Crippen LogP contribution in [-0.4, -0.2) is 41.8 Å². The fourth-order valence-corrected chi connectivity index (χ4v) is 1.80. The monoisotopic (exact) mass is 236 g/mol. The lowest BCUT2D eigenvalue weighted by atomic mass is 9.98. The van der Waals surface area contributed by atoms with E-state index in [0.29, 0.717) is 18.8 Å². The van der Waals surface area contributed by atoms with Gasteiger partial charge in [0.05, 0.1) is 25.8 Å². The zero-order chi connectivity index (χ0) is 12.5. The van der Waals surface area contributed by atoms with Crippen LogP contribution in [-0.2, 0) is 0 Å². The summed E-state index contributed by atoms with van der Waals surface area (Å²) in [5.74, 6) is 0.745. The van der Waals surface area contributed by atoms with E-state index >= 15 is 0 Å². The minimum absolute atomic E-state index is 0.193. The molecular formula is C12H16N2O3. The number of nitrogens with one attached hydrogen (secondary N) is 1. The van der Waals surface area contributed by atoms with E-state index in [1.165, 1.54) is 0 Å². The van der Waals surface area contributed by atoms with Crippen molar-refractivity contribution in [3.05, 3.63) is 24.3 Å². The molecule has 0 saturated carbocycles. The number of aliphatic hydroxyl groups is 1. The minimum Gasteiger partial charge on any atom is -0.497 e. The molecule has 2 amide bonds. The predicted octanol–water partition coefficient (Wildman–Crippen LogP) is 1.29. The molecule has 1 aromatic carbocycles. The number of amides is 2. The Morgan fingerprint density at radius 3 is 2.47 bits per heavy atom. The van der Waals surface area contributed by atoms with Gasteiger partial charge in [-0.15, -0.1) is 0 Å². The first kappa shape index (κ1) is 11.7. The number of urea groups is 1. The van der Waals surface area contributed by atoms with E-state index in [2.05, 4.69) is 5.32 Å². The van der Waals surface area contributed by atoms with Crippen LogP contribution in [0.2, 0.25) is 0 Å². The van der Waals surface area contributed by atoms with Crippen LogP contribution in [0.3, 0.4) is 0 Å². The second kappa shape index (κ2) is 4.25. The first-order valence-electron chi connectivity index (χ1n) is 5.42. The van der Waals surface area contributed by atoms with Crippen molar-refractivity contribution in [1.29, 1.82) is 0 Å². The van der Waals surface area contributed by atoms with Crippen LogP contribution >= 0.6 is 0 Å². The van der Waals surface area contributed by atoms with E-state index in [9.17, 15) is 9.90 Å². The number of rotatable bonds is 2. The molecule has 0 bridgehead atoms. The molecule has 0 aliphatic carbocycles. The van der Waals surface area contributed by atoms with Crippen LogP contribution in [0, 0.1) is 0 Å². The largest absolute Gasteiger partial charge is 0.497 e. The van der Waals surface area contributed by atoms with Gasteiger partial charge in [-0.1, -0.05) is 0 Å². The molecule has 1 heterocycles. The lowest BCUT2D eigenvalue weighted by molar-refractivity contribution is -0.0581. The molecule has 1 saturated heterocycles. The number of hydrogen-bond donors (Lipinski definition) is 2. The summed E-state index contributed by atoms with van der Waals surface area (Å²) >= 11 is 0. The van der Waals surface area contributed by atoms with Crippen LogP contribution in [0.4, 0.5) is 10.5 Å². The van der Waals surface area contributed by atoms with E-state index in [1.54, 1.807) is 43.2 Å². The molecule has 0 atom stereocenters. The van der Waals surface area contributed by atoms with Gasteiger partial charge in [0.2, 0.25) is 0 Å². The van der Waals surface area contributed by atoms with Crippen LogP contribution in [0.1, 0.15) is 6.92 Å². The summed E-state index contributed by atoms with van der Waals surface area (Å²) in [6.45, 7) is 2.45. The van der Waals surface area contributed by atoms with Crippen LogP contribution in [0.5, 0.6) is 5.75 Å². The van der Waals surface area contributed by atoms with Gasteiger partial charge in [-0.3, -0.25) is 0 Å². The average Bonchev–Trinajstić information content (AvgIpc) is 2.26. The summed E-state index contributed by atoms with van der Waals surface area (Å²) in [6.07, 6.45) is 0. The minimum atomic E-state index is -0.739. The number of benzene rings is 1. The predicted molar refractivity (Wildman–Crippen MR) is 64.2 cm³/mol. The Bertz CT molecular complexity index is 406. The van der Waals surface area contributed by atoms with E-state index < -0.39 is 5.60 Å². The average molecular weight is 236 g/mol. The number of anilines is 1. The number of likely N-dealkylation sites (tertiary alicyclic amines) is 1. The van der Waals surface area contributed by atoms with Gasteiger partial charge in [0, 0.05) is 5.69 Å². The van der Waals surface area contributed by atoms with Crippen molar-refractivity contribution in [2.45, 2.75) is 12.5 Å². The van der Waals surface area contributed by atoms with Crippen LogP contribution in [0.25, 0.3) is 0 Å². The number of β-amino-alcohol motifs (C(OH)–C–C–N with tert-alkyl or cyclic N) is 1. The van der Waals surface area contributed by atoms with Crippen molar-refractivity contribution in [1.82, 2.24) is 4.90 Å². The number of carbonyl (C=O) groups is 1. The smallest absolute Gasteiger partial charge is 0.322 e. The van der Waals surface area contributed by atoms with Crippen molar-refractivity contribution >= 4 is 11.7 Å². The van der Waals surface area contributed by atoms with Gasteiger partial charge in [0.15, 0.2) is 0 Å². The highest BCUT2D eigenvalue weighted by molar-refractivity contribution is 5.90. The van der Waals surface area contributed by atoms with E-state index in [4.69, 9.17) is 4.74 Å². The standard InChI is InChI=1S/C12H16N2O3/c1-12(16)7-14(8-12)11(15)13-9-3-5-10(17-2)6-4-9/h3-6,16H,7-8H2,1-2H3,(H,13,15). The molecule has 0 radical (unpaired) electrons. The lowest BCUT2D eigenvalue weighted by Gasteiger charge is -2.43. The Labute approximate surface area is 100.0 Å². The topological polar surface area (TPSA) is 61.8 Å². The molecule has 1 aliphatic heterocycles. The first-order chi connectivity index (χ1) is 8.00. The lowest BCUT2D eigenvalue weighted by Crippen LogP contribution is -2.62. The molecule has 5 nitrogen and oxygen atoms in total. The summed E-state index contributed by atoms with van der Waals surface area (Å²) in [4.78, 5) is 13.3. The van der Waals surface area contributed by atoms with E-state index in [0.717, 1.165) is 5.75 Å². The fraction of sp³-hybridized carbons (Fsp3) is 0.417. The summed E-state index contributed by atoms with van der Waals surface area (Å²) < 4.78 is 5.03. The molecule has 1 aliphatic rings. The number of ether oxygens (including phenoxy) is 1. The zero-order valence-electron chi connectivity index (χ0n) is 9.93. The van der Waals surface area contributed by atoms with E-state index in [1.807, 2.05) is 0 Å². The molecule has 2 N–H and O–H groups in total. The van der Waals surface area contributed by atoms with Crippen molar-refractivity contribution in [2.75, 3.05) is 25.5 Å². The normalized spacial score (nSPS) is 17.2. The molecule has 1 aromatic rings. The van der Waals surface area contributed by atoms with Gasteiger partial charge in [-0.2, -0.15) is 0 Å². The van der Waals surface area contributed by atoms with Gasteiger partial charge >= 0.3 is 6.03 Å². The maximum atomic E-state index is 11.7. The molecule has 92 valence electrons. The molecule has 5 heteroatoms. The zero-order valence-corrected chi connectivity index (χ0v) is 9.93. The number of nitrogens with zero attached hydrogens (tertiary/aromatic N) is 1.